The average Bonchev–Trinajstić information content (AvgIpc) is 2.84. The standard InChI is InChI=1S/C14H12N2O2/c1-18-12-6-2-4-10(8-12)14-15-9-11-5-3-7-13(17)16(11)14/h2-9,17H,1H3. The molecule has 0 aliphatic heterocycles. The molecule has 0 saturated carbocycles. The Kier molecular flexibility index (Phi) is 2.41. The van der Waals surface area contributed by atoms with E-state index >= 15 is 0 Å². The first-order valence-corrected chi connectivity index (χ1v) is 5.59. The molecular formula is C14H12N2O2. The van der Waals surface area contributed by atoms with Crippen molar-refractivity contribution in [1.29, 1.82) is 0 Å². The van der Waals surface area contributed by atoms with Crippen LogP contribution in [0.25, 0.3) is 16.9 Å². The van der Waals surface area contributed by atoms with Gasteiger partial charge in [-0.25, -0.2) is 4.98 Å². The van der Waals surface area contributed by atoms with Gasteiger partial charge in [0, 0.05) is 5.56 Å². The number of benzene rings is 1. The maximum atomic E-state index is 9.92. The maximum Gasteiger partial charge on any atom is 0.197 e. The summed E-state index contributed by atoms with van der Waals surface area (Å²) in [5.41, 5.74) is 1.75. The number of fused-ring (bicyclic) bond motifs is 1. The second-order valence-electron chi connectivity index (χ2n) is 3.96. The molecule has 0 spiro atoms. The molecule has 0 bridgehead atoms. The topological polar surface area (TPSA) is 46.8 Å². The predicted molar refractivity (Wildman–Crippen MR) is 68.8 cm³/mol. The van der Waals surface area contributed by atoms with E-state index in [9.17, 15) is 5.11 Å². The number of hydrogen-bond acceptors (Lipinski definition) is 3. The van der Waals surface area contributed by atoms with E-state index in [1.807, 2.05) is 30.3 Å². The molecule has 0 amide bonds. The number of imidazole rings is 1. The number of methoxy groups -OCH3 is 1. The lowest BCUT2D eigenvalue weighted by Crippen LogP contribution is -1.91. The Labute approximate surface area is 104 Å². The molecule has 2 aromatic heterocycles. The van der Waals surface area contributed by atoms with Gasteiger partial charge in [-0.2, -0.15) is 0 Å². The van der Waals surface area contributed by atoms with Gasteiger partial charge >= 0.3 is 0 Å². The summed E-state index contributed by atoms with van der Waals surface area (Å²) in [6.07, 6.45) is 1.73. The Morgan fingerprint density at radius 2 is 2.00 bits per heavy atom. The van der Waals surface area contributed by atoms with Crippen molar-refractivity contribution in [3.8, 4) is 23.0 Å². The third-order valence-electron chi connectivity index (χ3n) is 2.86. The summed E-state index contributed by atoms with van der Waals surface area (Å²) in [6, 6.07) is 12.9. The molecule has 0 fully saturated rings. The second kappa shape index (κ2) is 4.07. The van der Waals surface area contributed by atoms with Crippen LogP contribution in [0, 0.1) is 0 Å². The van der Waals surface area contributed by atoms with E-state index in [1.54, 1.807) is 29.8 Å². The van der Waals surface area contributed by atoms with Gasteiger partial charge in [0.1, 0.15) is 11.6 Å². The largest absolute Gasteiger partial charge is 0.497 e. The minimum atomic E-state index is 0.169. The maximum absolute atomic E-state index is 9.92. The van der Waals surface area contributed by atoms with E-state index in [0.29, 0.717) is 5.82 Å². The van der Waals surface area contributed by atoms with E-state index in [2.05, 4.69) is 4.98 Å². The normalized spacial score (nSPS) is 10.7. The van der Waals surface area contributed by atoms with Gasteiger partial charge in [0.15, 0.2) is 5.88 Å². The van der Waals surface area contributed by atoms with Gasteiger partial charge in [-0.3, -0.25) is 4.40 Å². The van der Waals surface area contributed by atoms with E-state index in [0.717, 1.165) is 16.8 Å². The van der Waals surface area contributed by atoms with Crippen LogP contribution in [0.3, 0.4) is 0 Å². The highest BCUT2D eigenvalue weighted by Crippen LogP contribution is 2.26. The Morgan fingerprint density at radius 3 is 2.83 bits per heavy atom. The Morgan fingerprint density at radius 1 is 1.17 bits per heavy atom. The van der Waals surface area contributed by atoms with E-state index < -0.39 is 0 Å². The van der Waals surface area contributed by atoms with Crippen molar-refractivity contribution in [2.75, 3.05) is 7.11 Å². The predicted octanol–water partition coefficient (Wildman–Crippen LogP) is 2.72. The van der Waals surface area contributed by atoms with Gasteiger partial charge in [-0.15, -0.1) is 0 Å². The molecule has 1 aromatic carbocycles. The van der Waals surface area contributed by atoms with Crippen molar-refractivity contribution >= 4 is 5.52 Å². The fourth-order valence-electron chi connectivity index (χ4n) is 2.00. The molecule has 2 heterocycles. The Hall–Kier alpha value is -2.49. The number of pyridine rings is 1. The highest BCUT2D eigenvalue weighted by Gasteiger charge is 2.09. The van der Waals surface area contributed by atoms with Crippen LogP contribution in [0.4, 0.5) is 0 Å². The van der Waals surface area contributed by atoms with Crippen molar-refractivity contribution < 1.29 is 9.84 Å². The molecule has 4 nitrogen and oxygen atoms in total. The molecule has 90 valence electrons. The zero-order chi connectivity index (χ0) is 12.5. The van der Waals surface area contributed by atoms with Gasteiger partial charge in [0.25, 0.3) is 0 Å². The van der Waals surface area contributed by atoms with Crippen LogP contribution in [0.15, 0.2) is 48.7 Å². The van der Waals surface area contributed by atoms with Crippen molar-refractivity contribution in [1.82, 2.24) is 9.38 Å². The molecule has 0 saturated heterocycles. The fraction of sp³-hybridized carbons (Fsp3) is 0.0714. The van der Waals surface area contributed by atoms with Crippen molar-refractivity contribution in [3.63, 3.8) is 0 Å². The molecular weight excluding hydrogens is 228 g/mol. The number of rotatable bonds is 2. The lowest BCUT2D eigenvalue weighted by molar-refractivity contribution is 0.415. The number of aromatic nitrogens is 2. The highest BCUT2D eigenvalue weighted by atomic mass is 16.5. The first-order chi connectivity index (χ1) is 8.79. The molecule has 0 unspecified atom stereocenters. The zero-order valence-corrected chi connectivity index (χ0v) is 9.87. The Bertz CT molecular complexity index is 704. The molecule has 0 aliphatic rings. The summed E-state index contributed by atoms with van der Waals surface area (Å²) in [6.45, 7) is 0. The minimum absolute atomic E-state index is 0.169. The van der Waals surface area contributed by atoms with Crippen molar-refractivity contribution in [3.05, 3.63) is 48.7 Å². The van der Waals surface area contributed by atoms with Crippen LogP contribution < -0.4 is 4.74 Å². The zero-order valence-electron chi connectivity index (χ0n) is 9.87. The minimum Gasteiger partial charge on any atom is -0.497 e. The second-order valence-corrected chi connectivity index (χ2v) is 3.96. The molecule has 0 aliphatic carbocycles. The molecule has 4 heteroatoms. The van der Waals surface area contributed by atoms with Crippen LogP contribution in [0.1, 0.15) is 0 Å². The van der Waals surface area contributed by atoms with E-state index in [4.69, 9.17) is 4.74 Å². The lowest BCUT2D eigenvalue weighted by Gasteiger charge is -2.05. The van der Waals surface area contributed by atoms with Crippen LogP contribution >= 0.6 is 0 Å². The van der Waals surface area contributed by atoms with Gasteiger partial charge in [0.05, 0.1) is 18.8 Å². The summed E-state index contributed by atoms with van der Waals surface area (Å²) in [5, 5.41) is 9.92. The summed E-state index contributed by atoms with van der Waals surface area (Å²) in [7, 11) is 1.63. The summed E-state index contributed by atoms with van der Waals surface area (Å²) >= 11 is 0. The van der Waals surface area contributed by atoms with Gasteiger partial charge in [-0.05, 0) is 24.3 Å². The molecule has 3 aromatic rings. The molecule has 1 N–H and O–H groups in total. The van der Waals surface area contributed by atoms with Crippen LogP contribution in [0.5, 0.6) is 11.6 Å². The number of nitrogens with zero attached hydrogens (tertiary/aromatic N) is 2. The molecule has 18 heavy (non-hydrogen) atoms. The number of ether oxygens (including phenoxy) is 1. The number of hydrogen-bond donors (Lipinski definition) is 1. The first-order valence-electron chi connectivity index (χ1n) is 5.59. The lowest BCUT2D eigenvalue weighted by atomic mass is 10.2. The third kappa shape index (κ3) is 1.59. The smallest absolute Gasteiger partial charge is 0.197 e. The van der Waals surface area contributed by atoms with Crippen LogP contribution in [-0.4, -0.2) is 21.6 Å². The Balaban J connectivity index is 2.25. The monoisotopic (exact) mass is 240 g/mol. The summed E-state index contributed by atoms with van der Waals surface area (Å²) in [4.78, 5) is 4.35. The van der Waals surface area contributed by atoms with Crippen molar-refractivity contribution in [2.24, 2.45) is 0 Å². The molecule has 0 atom stereocenters. The molecule has 0 radical (unpaired) electrons. The number of aromatic hydroxyl groups is 1. The first kappa shape index (κ1) is 10.7. The van der Waals surface area contributed by atoms with Crippen LogP contribution in [-0.2, 0) is 0 Å². The molecule has 3 rings (SSSR count). The van der Waals surface area contributed by atoms with E-state index in [1.165, 1.54) is 0 Å². The summed E-state index contributed by atoms with van der Waals surface area (Å²) in [5.74, 6) is 1.63. The highest BCUT2D eigenvalue weighted by molar-refractivity contribution is 5.65. The summed E-state index contributed by atoms with van der Waals surface area (Å²) < 4.78 is 6.90. The van der Waals surface area contributed by atoms with Gasteiger partial charge in [0.2, 0.25) is 0 Å². The van der Waals surface area contributed by atoms with Gasteiger partial charge in [-0.1, -0.05) is 18.2 Å². The van der Waals surface area contributed by atoms with Gasteiger partial charge < -0.3 is 9.84 Å². The average molecular weight is 240 g/mol. The third-order valence-corrected chi connectivity index (χ3v) is 2.86. The SMILES string of the molecule is COc1cccc(-c2ncc3cccc(O)n23)c1. The van der Waals surface area contributed by atoms with Crippen LogP contribution in [0.2, 0.25) is 0 Å². The van der Waals surface area contributed by atoms with E-state index in [-0.39, 0.29) is 5.88 Å². The van der Waals surface area contributed by atoms with Crippen molar-refractivity contribution in [2.45, 2.75) is 0 Å². The quantitative estimate of drug-likeness (QED) is 0.749. The fourth-order valence-corrected chi connectivity index (χ4v) is 2.00.